The third kappa shape index (κ3) is 132. The molecule has 0 aromatic rings. The van der Waals surface area contributed by atoms with Crippen LogP contribution in [0, 0.1) is 29.7 Å². The maximum absolute atomic E-state index is 2.00. The molecule has 0 aliphatic heterocycles. The summed E-state index contributed by atoms with van der Waals surface area (Å²) in [5.41, 5.74) is 0. The van der Waals surface area contributed by atoms with Gasteiger partial charge in [-0.1, -0.05) is 27.7 Å². The van der Waals surface area contributed by atoms with Crippen LogP contribution in [0.1, 0.15) is 27.7 Å². The maximum atomic E-state index is 2.00. The summed E-state index contributed by atoms with van der Waals surface area (Å²) in [6, 6.07) is 0. The topological polar surface area (TPSA) is 0 Å². The summed E-state index contributed by atoms with van der Waals surface area (Å²) >= 11 is 0. The fourth-order valence-corrected chi connectivity index (χ4v) is 0. The minimum atomic E-state index is 0. The summed E-state index contributed by atoms with van der Waals surface area (Å²) in [4.78, 5) is 0. The van der Waals surface area contributed by atoms with E-state index in [2.05, 4.69) is 0 Å². The Kier molecular flexibility index (Phi) is 1180. The van der Waals surface area contributed by atoms with Crippen molar-refractivity contribution >= 4 is 0 Å². The Morgan fingerprint density at radius 3 is 0.357 bits per heavy atom. The molecule has 0 saturated heterocycles. The number of hydrogen-bond donors (Lipinski definition) is 0. The van der Waals surface area contributed by atoms with Crippen molar-refractivity contribution in [3.63, 3.8) is 0 Å². The Bertz CT molecular complexity index is 13.8. The zero-order chi connectivity index (χ0) is 4.00. The summed E-state index contributed by atoms with van der Waals surface area (Å²) < 4.78 is 0. The van der Waals surface area contributed by atoms with Crippen molar-refractivity contribution in [2.45, 2.75) is 27.7 Å². The molecule has 0 unspecified atom stereocenters. The van der Waals surface area contributed by atoms with Crippen LogP contribution in [0.2, 0.25) is 0 Å². The molecule has 0 aromatic carbocycles. The van der Waals surface area contributed by atoms with Crippen LogP contribution in [-0.2, 0) is 196 Å². The molecule has 14 heavy (non-hydrogen) atoms. The van der Waals surface area contributed by atoms with Crippen LogP contribution in [0.15, 0.2) is 0 Å². The zero-order valence-corrected chi connectivity index (χ0v) is 28.5. The molecular weight excluding hydrogens is 630 g/mol. The monoisotopic (exact) mass is 654 g/mol. The third-order valence-electron chi connectivity index (χ3n) is 0. The molecule has 0 rings (SSSR count). The van der Waals surface area contributed by atoms with Gasteiger partial charge in [0.1, 0.15) is 0 Å². The molecule has 0 fully saturated rings. The molecule has 0 aromatic heterocycles. The SMILES string of the molecule is CC.CC.[CH3-].[CH3-].[CH3-].[CH3-].[Y+3].[Y].[Y].[Y].[Y].[Y]. The van der Waals surface area contributed by atoms with Crippen molar-refractivity contribution in [2.75, 3.05) is 0 Å². The van der Waals surface area contributed by atoms with E-state index in [1.807, 2.05) is 27.7 Å². The van der Waals surface area contributed by atoms with Gasteiger partial charge in [-0.15, -0.1) is 0 Å². The van der Waals surface area contributed by atoms with Gasteiger partial charge in [0.05, 0.1) is 0 Å². The number of rotatable bonds is 0. The van der Waals surface area contributed by atoms with E-state index < -0.39 is 0 Å². The first-order chi connectivity index (χ1) is 2.00. The first kappa shape index (κ1) is 107. The standard InChI is InChI=1S/2C2H6.4CH3.6Y/c2*1-2;;;;;;;;;;/h2*1-2H3;4*1H3;;;;;;/q;;4*-1;;;;;;+3. The van der Waals surface area contributed by atoms with E-state index in [9.17, 15) is 0 Å². The van der Waals surface area contributed by atoms with Gasteiger partial charge in [0.2, 0.25) is 0 Å². The zero-order valence-electron chi connectivity index (χ0n) is 11.5. The number of hydrogen-bond acceptors (Lipinski definition) is 0. The molecule has 0 saturated carbocycles. The normalized spacial score (nSPS) is 0.857. The van der Waals surface area contributed by atoms with Crippen molar-refractivity contribution in [3.8, 4) is 0 Å². The molecule has 0 atom stereocenters. The van der Waals surface area contributed by atoms with Gasteiger partial charge < -0.3 is 29.7 Å². The van der Waals surface area contributed by atoms with Gasteiger partial charge in [-0.2, -0.15) is 0 Å². The van der Waals surface area contributed by atoms with E-state index in [4.69, 9.17) is 0 Å². The van der Waals surface area contributed by atoms with Gasteiger partial charge in [0, 0.05) is 164 Å². The summed E-state index contributed by atoms with van der Waals surface area (Å²) in [5, 5.41) is 0. The van der Waals surface area contributed by atoms with Crippen molar-refractivity contribution < 1.29 is 196 Å². The Labute approximate surface area is 247 Å². The molecule has 0 aliphatic carbocycles. The Balaban J connectivity index is -0.000000000333. The van der Waals surface area contributed by atoms with Gasteiger partial charge in [0.25, 0.3) is 0 Å². The van der Waals surface area contributed by atoms with Gasteiger partial charge in [-0.3, -0.25) is 0 Å². The maximum Gasteiger partial charge on any atom is 3.00 e. The van der Waals surface area contributed by atoms with Gasteiger partial charge in [-0.05, 0) is 0 Å². The molecular formula is C8H24Y6-. The second-order valence-corrected chi connectivity index (χ2v) is 0. The van der Waals surface area contributed by atoms with Crippen LogP contribution in [0.5, 0.6) is 0 Å². The van der Waals surface area contributed by atoms with Crippen LogP contribution in [0.3, 0.4) is 0 Å². The molecule has 0 nitrogen and oxygen atoms in total. The molecule has 75 valence electrons. The van der Waals surface area contributed by atoms with Crippen LogP contribution in [0.25, 0.3) is 0 Å². The fourth-order valence-electron chi connectivity index (χ4n) is 0. The summed E-state index contributed by atoms with van der Waals surface area (Å²) in [6.45, 7) is 8.00. The van der Waals surface area contributed by atoms with Crippen molar-refractivity contribution in [1.82, 2.24) is 0 Å². The van der Waals surface area contributed by atoms with E-state index in [1.165, 1.54) is 0 Å². The quantitative estimate of drug-likeness (QED) is 0.349. The van der Waals surface area contributed by atoms with Crippen LogP contribution in [0.4, 0.5) is 0 Å². The van der Waals surface area contributed by atoms with Crippen LogP contribution >= 0.6 is 0 Å². The van der Waals surface area contributed by atoms with Crippen molar-refractivity contribution in [2.24, 2.45) is 0 Å². The first-order valence-corrected chi connectivity index (χ1v) is 2.00. The molecule has 0 amide bonds. The second-order valence-electron chi connectivity index (χ2n) is 0. The minimum absolute atomic E-state index is 0. The third-order valence-corrected chi connectivity index (χ3v) is 0. The average molecular weight is 654 g/mol. The van der Waals surface area contributed by atoms with Gasteiger partial charge >= 0.3 is 32.7 Å². The second kappa shape index (κ2) is 155. The van der Waals surface area contributed by atoms with E-state index >= 15 is 0 Å². The average Bonchev–Trinajstić information content (AvgIpc) is 1.50. The van der Waals surface area contributed by atoms with Crippen LogP contribution < -0.4 is 0 Å². The predicted octanol–water partition coefficient (Wildman–Crippen LogP) is 3.84. The molecule has 0 N–H and O–H groups in total. The van der Waals surface area contributed by atoms with Crippen molar-refractivity contribution in [1.29, 1.82) is 0 Å². The summed E-state index contributed by atoms with van der Waals surface area (Å²) in [7, 11) is 0. The minimum Gasteiger partial charge on any atom is -0.358 e. The van der Waals surface area contributed by atoms with Gasteiger partial charge in [-0.25, -0.2) is 0 Å². The molecule has 6 heteroatoms. The van der Waals surface area contributed by atoms with E-state index in [0.29, 0.717) is 0 Å². The van der Waals surface area contributed by atoms with Crippen molar-refractivity contribution in [3.05, 3.63) is 29.7 Å². The molecule has 5 radical (unpaired) electrons. The largest absolute Gasteiger partial charge is 3.00 e. The van der Waals surface area contributed by atoms with E-state index in [1.54, 1.807) is 0 Å². The Morgan fingerprint density at radius 1 is 0.357 bits per heavy atom. The first-order valence-electron chi connectivity index (χ1n) is 2.00. The molecule has 0 spiro atoms. The molecule has 0 heterocycles. The summed E-state index contributed by atoms with van der Waals surface area (Å²) in [6.07, 6.45) is 0. The Hall–Kier alpha value is 6.62. The Morgan fingerprint density at radius 2 is 0.357 bits per heavy atom. The fraction of sp³-hybridized carbons (Fsp3) is 0.500. The molecule has 0 aliphatic rings. The smallest absolute Gasteiger partial charge is 0.358 e. The predicted molar refractivity (Wildman–Crippen MR) is 48.4 cm³/mol. The van der Waals surface area contributed by atoms with E-state index in [-0.39, 0.29) is 226 Å². The van der Waals surface area contributed by atoms with Gasteiger partial charge in [0.15, 0.2) is 0 Å². The molecule has 0 bridgehead atoms. The van der Waals surface area contributed by atoms with E-state index in [0.717, 1.165) is 0 Å². The van der Waals surface area contributed by atoms with Crippen LogP contribution in [-0.4, -0.2) is 0 Å². The summed E-state index contributed by atoms with van der Waals surface area (Å²) in [5.74, 6) is 0.